The topological polar surface area (TPSA) is 66.0 Å². The van der Waals surface area contributed by atoms with Crippen LogP contribution in [0.5, 0.6) is 0 Å². The number of hydrogen-bond acceptors (Lipinski definition) is 3. The van der Waals surface area contributed by atoms with Crippen LogP contribution in [-0.2, 0) is 0 Å². The summed E-state index contributed by atoms with van der Waals surface area (Å²) in [5, 5.41) is 7.76. The summed E-state index contributed by atoms with van der Waals surface area (Å²) in [5.41, 5.74) is 8.49. The van der Waals surface area contributed by atoms with Crippen molar-refractivity contribution in [1.29, 1.82) is 5.41 Å². The van der Waals surface area contributed by atoms with Gasteiger partial charge in [-0.1, -0.05) is 0 Å². The third-order valence-corrected chi connectivity index (χ3v) is 3.84. The van der Waals surface area contributed by atoms with Crippen LogP contribution in [-0.4, -0.2) is 23.9 Å². The second kappa shape index (κ2) is 4.59. The van der Waals surface area contributed by atoms with E-state index in [2.05, 4.69) is 23.9 Å². The first-order chi connectivity index (χ1) is 8.41. The summed E-state index contributed by atoms with van der Waals surface area (Å²) in [6.45, 7) is 6.20. The molecule has 4 nitrogen and oxygen atoms in total. The number of aryl methyl sites for hydroxylation is 2. The molecule has 0 aromatic carbocycles. The number of aromatic nitrogens is 1. The lowest BCUT2D eigenvalue weighted by atomic mass is 10.1. The summed E-state index contributed by atoms with van der Waals surface area (Å²) in [6, 6.07) is 2.44. The molecule has 98 valence electrons. The maximum atomic E-state index is 7.76. The minimum Gasteiger partial charge on any atom is -0.384 e. The fourth-order valence-electron chi connectivity index (χ4n) is 2.49. The van der Waals surface area contributed by atoms with E-state index in [4.69, 9.17) is 11.1 Å². The van der Waals surface area contributed by atoms with Crippen molar-refractivity contribution in [3.8, 4) is 0 Å². The van der Waals surface area contributed by atoms with Crippen LogP contribution in [0, 0.1) is 25.2 Å². The van der Waals surface area contributed by atoms with Crippen molar-refractivity contribution < 1.29 is 0 Å². The molecule has 1 aromatic rings. The van der Waals surface area contributed by atoms with E-state index < -0.39 is 0 Å². The van der Waals surface area contributed by atoms with E-state index in [9.17, 15) is 0 Å². The van der Waals surface area contributed by atoms with E-state index in [-0.39, 0.29) is 5.84 Å². The highest BCUT2D eigenvalue weighted by molar-refractivity contribution is 6.01. The summed E-state index contributed by atoms with van der Waals surface area (Å²) in [7, 11) is 2.05. The number of nitrogen functional groups attached to an aromatic ring is 1. The molecule has 18 heavy (non-hydrogen) atoms. The smallest absolute Gasteiger partial charge is 0.140 e. The lowest BCUT2D eigenvalue weighted by Gasteiger charge is -2.28. The molecule has 0 saturated heterocycles. The molecule has 4 heteroatoms. The van der Waals surface area contributed by atoms with Gasteiger partial charge in [-0.15, -0.1) is 0 Å². The van der Waals surface area contributed by atoms with Gasteiger partial charge in [-0.2, -0.15) is 0 Å². The molecule has 2 rings (SSSR count). The highest BCUT2D eigenvalue weighted by Gasteiger charge is 2.32. The Hall–Kier alpha value is -1.58. The summed E-state index contributed by atoms with van der Waals surface area (Å²) in [5.74, 6) is 1.71. The maximum absolute atomic E-state index is 7.76. The minimum atomic E-state index is 0.102. The minimum absolute atomic E-state index is 0.102. The monoisotopic (exact) mass is 246 g/mol. The molecule has 1 unspecified atom stereocenters. The van der Waals surface area contributed by atoms with E-state index in [1.165, 1.54) is 12.8 Å². The highest BCUT2D eigenvalue weighted by Crippen LogP contribution is 2.36. The number of amidine groups is 1. The summed E-state index contributed by atoms with van der Waals surface area (Å²) in [4.78, 5) is 6.77. The van der Waals surface area contributed by atoms with Gasteiger partial charge in [0.15, 0.2) is 0 Å². The third-order valence-electron chi connectivity index (χ3n) is 3.84. The van der Waals surface area contributed by atoms with Crippen LogP contribution in [0.25, 0.3) is 0 Å². The molecule has 0 amide bonds. The van der Waals surface area contributed by atoms with Crippen LogP contribution in [0.3, 0.4) is 0 Å². The second-order valence-electron chi connectivity index (χ2n) is 5.38. The Morgan fingerprint density at radius 3 is 2.61 bits per heavy atom. The third kappa shape index (κ3) is 2.33. The van der Waals surface area contributed by atoms with Gasteiger partial charge in [0.25, 0.3) is 0 Å². The largest absolute Gasteiger partial charge is 0.384 e. The molecule has 1 aromatic heterocycles. The van der Waals surface area contributed by atoms with E-state index in [0.717, 1.165) is 28.6 Å². The Labute approximate surface area is 109 Å². The number of nitrogens with one attached hydrogen (secondary N) is 1. The summed E-state index contributed by atoms with van der Waals surface area (Å²) < 4.78 is 0. The van der Waals surface area contributed by atoms with Crippen LogP contribution in [0.1, 0.15) is 36.6 Å². The molecule has 1 fully saturated rings. The Morgan fingerprint density at radius 2 is 2.11 bits per heavy atom. The van der Waals surface area contributed by atoms with Crippen molar-refractivity contribution in [2.24, 2.45) is 11.7 Å². The van der Waals surface area contributed by atoms with Gasteiger partial charge in [-0.3, -0.25) is 5.41 Å². The molecule has 3 N–H and O–H groups in total. The van der Waals surface area contributed by atoms with Gasteiger partial charge in [-0.25, -0.2) is 4.98 Å². The Morgan fingerprint density at radius 1 is 1.50 bits per heavy atom. The molecule has 0 radical (unpaired) electrons. The van der Waals surface area contributed by atoms with E-state index >= 15 is 0 Å². The molecular weight excluding hydrogens is 224 g/mol. The van der Waals surface area contributed by atoms with Crippen molar-refractivity contribution in [2.45, 2.75) is 39.7 Å². The fraction of sp³-hybridized carbons (Fsp3) is 0.571. The van der Waals surface area contributed by atoms with Crippen molar-refractivity contribution in [3.63, 3.8) is 0 Å². The predicted octanol–water partition coefficient (Wildman–Crippen LogP) is 2.22. The Kier molecular flexibility index (Phi) is 3.28. The van der Waals surface area contributed by atoms with Crippen molar-refractivity contribution in [1.82, 2.24) is 4.98 Å². The number of nitrogens with zero attached hydrogens (tertiary/aromatic N) is 2. The molecule has 1 heterocycles. The molecule has 0 bridgehead atoms. The number of rotatable bonds is 4. The summed E-state index contributed by atoms with van der Waals surface area (Å²) >= 11 is 0. The zero-order chi connectivity index (χ0) is 13.4. The number of nitrogens with two attached hydrogens (primary N) is 1. The van der Waals surface area contributed by atoms with Crippen LogP contribution in [0.4, 0.5) is 5.82 Å². The van der Waals surface area contributed by atoms with Crippen LogP contribution < -0.4 is 10.6 Å². The van der Waals surface area contributed by atoms with Crippen molar-refractivity contribution in [2.75, 3.05) is 11.9 Å². The zero-order valence-electron chi connectivity index (χ0n) is 11.6. The molecule has 1 saturated carbocycles. The predicted molar refractivity (Wildman–Crippen MR) is 75.3 cm³/mol. The molecule has 0 spiro atoms. The lowest BCUT2D eigenvalue weighted by molar-refractivity contribution is 0.603. The molecule has 1 aliphatic rings. The summed E-state index contributed by atoms with van der Waals surface area (Å²) in [6.07, 6.45) is 2.59. The van der Waals surface area contributed by atoms with Crippen molar-refractivity contribution >= 4 is 11.7 Å². The molecular formula is C14H22N4. The zero-order valence-corrected chi connectivity index (χ0v) is 11.6. The second-order valence-corrected chi connectivity index (χ2v) is 5.38. The first-order valence-corrected chi connectivity index (χ1v) is 6.47. The normalized spacial score (nSPS) is 16.4. The van der Waals surface area contributed by atoms with Crippen molar-refractivity contribution in [3.05, 3.63) is 22.9 Å². The highest BCUT2D eigenvalue weighted by atomic mass is 15.2. The van der Waals surface area contributed by atoms with Gasteiger partial charge < -0.3 is 10.6 Å². The lowest BCUT2D eigenvalue weighted by Crippen LogP contribution is -2.34. The molecule has 1 aliphatic carbocycles. The van der Waals surface area contributed by atoms with Gasteiger partial charge in [0.05, 0.1) is 5.56 Å². The quantitative estimate of drug-likeness (QED) is 0.632. The van der Waals surface area contributed by atoms with E-state index in [1.807, 2.05) is 19.9 Å². The first kappa shape index (κ1) is 12.9. The number of pyridine rings is 1. The van der Waals surface area contributed by atoms with E-state index in [1.54, 1.807) is 0 Å². The van der Waals surface area contributed by atoms with Gasteiger partial charge in [0.1, 0.15) is 11.7 Å². The first-order valence-electron chi connectivity index (χ1n) is 6.47. The van der Waals surface area contributed by atoms with Crippen LogP contribution in [0.2, 0.25) is 0 Å². The molecule has 0 aliphatic heterocycles. The van der Waals surface area contributed by atoms with Crippen LogP contribution in [0.15, 0.2) is 6.07 Å². The maximum Gasteiger partial charge on any atom is 0.140 e. The van der Waals surface area contributed by atoms with Gasteiger partial charge in [0.2, 0.25) is 0 Å². The fourth-order valence-corrected chi connectivity index (χ4v) is 2.49. The number of anilines is 1. The number of hydrogen-bond donors (Lipinski definition) is 2. The van der Waals surface area contributed by atoms with Gasteiger partial charge in [0, 0.05) is 18.8 Å². The average molecular weight is 246 g/mol. The standard InChI is InChI=1S/C14H22N4/c1-8-7-9(2)17-14(12(8)13(15)16)18(4)10(3)11-5-6-11/h7,10-11H,5-6H2,1-4H3,(H3,15,16). The van der Waals surface area contributed by atoms with Crippen LogP contribution >= 0.6 is 0 Å². The molecule has 1 atom stereocenters. The Balaban J connectivity index is 2.44. The average Bonchev–Trinajstić information content (AvgIpc) is 3.08. The van der Waals surface area contributed by atoms with Gasteiger partial charge in [-0.05, 0) is 51.2 Å². The Bertz CT molecular complexity index is 477. The SMILES string of the molecule is Cc1cc(C)c(C(=N)N)c(N(C)C(C)C2CC2)n1. The van der Waals surface area contributed by atoms with E-state index in [0.29, 0.717) is 6.04 Å². The van der Waals surface area contributed by atoms with Gasteiger partial charge >= 0.3 is 0 Å².